The molecule has 1 aromatic heterocycles. The van der Waals surface area contributed by atoms with Gasteiger partial charge in [0.2, 0.25) is 10.0 Å². The van der Waals surface area contributed by atoms with Gasteiger partial charge in [-0.05, 0) is 71.8 Å². The summed E-state index contributed by atoms with van der Waals surface area (Å²) in [5.74, 6) is 1.49. The molecule has 10 heteroatoms. The number of rotatable bonds is 6. The van der Waals surface area contributed by atoms with Crippen molar-refractivity contribution in [1.82, 2.24) is 14.5 Å². The van der Waals surface area contributed by atoms with E-state index in [9.17, 15) is 8.42 Å². The molecule has 0 spiro atoms. The van der Waals surface area contributed by atoms with Crippen molar-refractivity contribution in [3.05, 3.63) is 40.0 Å². The standard InChI is InChI=1S/C19H24IN5O3S/c20-15-3-5-17(6-4-15)29(26,27)25-11-9-24(10-12-25)19-8-7-18(22-23-19)21-14-16-2-1-13-28-16/h3-8,16H,1-2,9-14H2,(H,21,22). The highest BCUT2D eigenvalue weighted by Gasteiger charge is 2.29. The number of nitrogens with one attached hydrogen (secondary N) is 1. The fourth-order valence-electron chi connectivity index (χ4n) is 3.53. The largest absolute Gasteiger partial charge is 0.376 e. The van der Waals surface area contributed by atoms with Gasteiger partial charge < -0.3 is 15.0 Å². The van der Waals surface area contributed by atoms with Crippen LogP contribution in [0, 0.1) is 3.57 Å². The second-order valence-corrected chi connectivity index (χ2v) is 10.3. The monoisotopic (exact) mass is 529 g/mol. The highest BCUT2D eigenvalue weighted by Crippen LogP contribution is 2.21. The number of anilines is 2. The summed E-state index contributed by atoms with van der Waals surface area (Å²) in [6.45, 7) is 3.59. The Morgan fingerprint density at radius 3 is 2.45 bits per heavy atom. The number of halogens is 1. The Bertz CT molecular complexity index is 910. The van der Waals surface area contributed by atoms with Crippen LogP contribution >= 0.6 is 22.6 Å². The Labute approximate surface area is 184 Å². The Hall–Kier alpha value is -1.50. The van der Waals surface area contributed by atoms with E-state index < -0.39 is 10.0 Å². The predicted molar refractivity (Wildman–Crippen MR) is 120 cm³/mol. The van der Waals surface area contributed by atoms with Crippen molar-refractivity contribution >= 4 is 44.2 Å². The topological polar surface area (TPSA) is 87.7 Å². The molecule has 29 heavy (non-hydrogen) atoms. The molecule has 1 unspecified atom stereocenters. The van der Waals surface area contributed by atoms with Gasteiger partial charge >= 0.3 is 0 Å². The molecule has 1 aromatic carbocycles. The lowest BCUT2D eigenvalue weighted by atomic mass is 10.2. The SMILES string of the molecule is O=S(=O)(c1ccc(I)cc1)N1CCN(c2ccc(NCC3CCCO3)nn2)CC1. The van der Waals surface area contributed by atoms with Gasteiger partial charge in [-0.1, -0.05) is 0 Å². The molecule has 2 fully saturated rings. The molecule has 2 saturated heterocycles. The van der Waals surface area contributed by atoms with Gasteiger partial charge in [0.15, 0.2) is 5.82 Å². The second kappa shape index (κ2) is 9.11. The van der Waals surface area contributed by atoms with E-state index in [0.29, 0.717) is 31.1 Å². The Kier molecular flexibility index (Phi) is 6.52. The molecule has 0 radical (unpaired) electrons. The minimum Gasteiger partial charge on any atom is -0.376 e. The number of nitrogens with zero attached hydrogens (tertiary/aromatic N) is 4. The van der Waals surface area contributed by atoms with Crippen molar-refractivity contribution in [1.29, 1.82) is 0 Å². The van der Waals surface area contributed by atoms with Crippen LogP contribution < -0.4 is 10.2 Å². The number of benzene rings is 1. The number of hydrogen-bond donors (Lipinski definition) is 1. The maximum atomic E-state index is 12.8. The first-order valence-electron chi connectivity index (χ1n) is 9.72. The van der Waals surface area contributed by atoms with Gasteiger partial charge in [-0.15, -0.1) is 10.2 Å². The Balaban J connectivity index is 1.32. The average Bonchev–Trinajstić information content (AvgIpc) is 3.27. The highest BCUT2D eigenvalue weighted by molar-refractivity contribution is 14.1. The number of piperazine rings is 1. The summed E-state index contributed by atoms with van der Waals surface area (Å²) in [5, 5.41) is 11.8. The van der Waals surface area contributed by atoms with Gasteiger partial charge in [0.05, 0.1) is 11.0 Å². The molecule has 4 rings (SSSR count). The van der Waals surface area contributed by atoms with Gasteiger partial charge in [0.1, 0.15) is 5.82 Å². The van der Waals surface area contributed by atoms with E-state index in [2.05, 4.69) is 43.0 Å². The molecule has 0 bridgehead atoms. The molecular formula is C19H24IN5O3S. The van der Waals surface area contributed by atoms with Crippen LogP contribution in [-0.2, 0) is 14.8 Å². The van der Waals surface area contributed by atoms with E-state index in [1.165, 1.54) is 4.31 Å². The predicted octanol–water partition coefficient (Wildman–Crippen LogP) is 2.18. The second-order valence-electron chi connectivity index (χ2n) is 7.14. The maximum absolute atomic E-state index is 12.8. The Morgan fingerprint density at radius 2 is 1.83 bits per heavy atom. The summed E-state index contributed by atoms with van der Waals surface area (Å²) in [6.07, 6.45) is 2.44. The van der Waals surface area contributed by atoms with Gasteiger partial charge in [0, 0.05) is 42.9 Å². The molecule has 1 N–H and O–H groups in total. The van der Waals surface area contributed by atoms with Gasteiger partial charge in [0.25, 0.3) is 0 Å². The molecule has 1 atom stereocenters. The first-order valence-corrected chi connectivity index (χ1v) is 12.2. The molecule has 2 aromatic rings. The third-order valence-corrected chi connectivity index (χ3v) is 7.83. The summed E-state index contributed by atoms with van der Waals surface area (Å²) in [4.78, 5) is 2.41. The van der Waals surface area contributed by atoms with E-state index in [0.717, 1.165) is 41.2 Å². The van der Waals surface area contributed by atoms with Crippen LogP contribution in [0.3, 0.4) is 0 Å². The van der Waals surface area contributed by atoms with Crippen molar-refractivity contribution < 1.29 is 13.2 Å². The molecule has 0 amide bonds. The number of aromatic nitrogens is 2. The third kappa shape index (κ3) is 4.98. The van der Waals surface area contributed by atoms with E-state index in [1.54, 1.807) is 12.1 Å². The molecular weight excluding hydrogens is 505 g/mol. The van der Waals surface area contributed by atoms with Crippen molar-refractivity contribution in [3.63, 3.8) is 0 Å². The van der Waals surface area contributed by atoms with Crippen molar-refractivity contribution in [3.8, 4) is 0 Å². The molecule has 0 aliphatic carbocycles. The van der Waals surface area contributed by atoms with E-state index >= 15 is 0 Å². The lowest BCUT2D eigenvalue weighted by molar-refractivity contribution is 0.120. The van der Waals surface area contributed by atoms with Crippen molar-refractivity contribution in [2.24, 2.45) is 0 Å². The van der Waals surface area contributed by atoms with Gasteiger partial charge in [-0.2, -0.15) is 4.31 Å². The normalized spacial score (nSPS) is 20.7. The lowest BCUT2D eigenvalue weighted by Crippen LogP contribution is -2.49. The number of hydrogen-bond acceptors (Lipinski definition) is 7. The zero-order valence-corrected chi connectivity index (χ0v) is 19.0. The summed E-state index contributed by atoms with van der Waals surface area (Å²) in [6, 6.07) is 10.8. The summed E-state index contributed by atoms with van der Waals surface area (Å²) in [7, 11) is -3.46. The maximum Gasteiger partial charge on any atom is 0.243 e. The van der Waals surface area contributed by atoms with Crippen LogP contribution in [-0.4, -0.2) is 68.4 Å². The average molecular weight is 529 g/mol. The van der Waals surface area contributed by atoms with Crippen LogP contribution in [0.4, 0.5) is 11.6 Å². The summed E-state index contributed by atoms with van der Waals surface area (Å²) in [5.41, 5.74) is 0. The van der Waals surface area contributed by atoms with Crippen LogP contribution in [0.15, 0.2) is 41.3 Å². The van der Waals surface area contributed by atoms with Crippen molar-refractivity contribution in [2.45, 2.75) is 23.8 Å². The summed E-state index contributed by atoms with van der Waals surface area (Å²) >= 11 is 2.17. The Morgan fingerprint density at radius 1 is 1.07 bits per heavy atom. The van der Waals surface area contributed by atoms with Crippen LogP contribution in [0.2, 0.25) is 0 Å². The van der Waals surface area contributed by atoms with Gasteiger partial charge in [-0.25, -0.2) is 8.42 Å². The third-order valence-electron chi connectivity index (χ3n) is 5.20. The lowest BCUT2D eigenvalue weighted by Gasteiger charge is -2.34. The van der Waals surface area contributed by atoms with E-state index in [4.69, 9.17) is 4.74 Å². The first-order chi connectivity index (χ1) is 14.0. The quantitative estimate of drug-likeness (QED) is 0.575. The van der Waals surface area contributed by atoms with Crippen molar-refractivity contribution in [2.75, 3.05) is 49.5 Å². The van der Waals surface area contributed by atoms with E-state index in [-0.39, 0.29) is 6.10 Å². The number of sulfonamides is 1. The minimum atomic E-state index is -3.46. The molecule has 156 valence electrons. The molecule has 0 saturated carbocycles. The number of ether oxygens (including phenoxy) is 1. The fraction of sp³-hybridized carbons (Fsp3) is 0.474. The molecule has 2 aliphatic rings. The minimum absolute atomic E-state index is 0.250. The molecule has 3 heterocycles. The molecule has 8 nitrogen and oxygen atoms in total. The zero-order valence-electron chi connectivity index (χ0n) is 16.0. The van der Waals surface area contributed by atoms with Gasteiger partial charge in [-0.3, -0.25) is 0 Å². The zero-order chi connectivity index (χ0) is 20.3. The first kappa shape index (κ1) is 20.8. The smallest absolute Gasteiger partial charge is 0.243 e. The van der Waals surface area contributed by atoms with Crippen LogP contribution in [0.1, 0.15) is 12.8 Å². The van der Waals surface area contributed by atoms with Crippen LogP contribution in [0.5, 0.6) is 0 Å². The summed E-state index contributed by atoms with van der Waals surface area (Å²) < 4.78 is 33.8. The van der Waals surface area contributed by atoms with Crippen LogP contribution in [0.25, 0.3) is 0 Å². The fourth-order valence-corrected chi connectivity index (χ4v) is 5.31. The van der Waals surface area contributed by atoms with E-state index in [1.807, 2.05) is 24.3 Å². The highest BCUT2D eigenvalue weighted by atomic mass is 127. The molecule has 2 aliphatic heterocycles.